The monoisotopic (exact) mass is 234 g/mol. The molecule has 0 aromatic carbocycles. The average molecular weight is 234 g/mol. The largest absolute Gasteiger partial charge is 0.322 e. The summed E-state index contributed by atoms with van der Waals surface area (Å²) in [5.41, 5.74) is 0. The predicted molar refractivity (Wildman–Crippen MR) is 58.1 cm³/mol. The highest BCUT2D eigenvalue weighted by Gasteiger charge is 2.37. The van der Waals surface area contributed by atoms with Gasteiger partial charge >= 0.3 is 0 Å². The SMILES string of the molecule is CC1NC(C)N(C(C)CS(C)(=O)=O)C1=O. The summed E-state index contributed by atoms with van der Waals surface area (Å²) in [5, 5.41) is 3.06. The van der Waals surface area contributed by atoms with Crippen LogP contribution >= 0.6 is 0 Å². The lowest BCUT2D eigenvalue weighted by Crippen LogP contribution is -2.44. The van der Waals surface area contributed by atoms with Gasteiger partial charge in [-0.15, -0.1) is 0 Å². The number of amides is 1. The Morgan fingerprint density at radius 1 is 1.47 bits per heavy atom. The van der Waals surface area contributed by atoms with Gasteiger partial charge in [-0.2, -0.15) is 0 Å². The van der Waals surface area contributed by atoms with Gasteiger partial charge < -0.3 is 4.90 Å². The molecular formula is C9H18N2O3S. The van der Waals surface area contributed by atoms with Crippen molar-refractivity contribution >= 4 is 15.7 Å². The second-order valence-electron chi connectivity index (χ2n) is 4.25. The summed E-state index contributed by atoms with van der Waals surface area (Å²) in [4.78, 5) is 13.3. The van der Waals surface area contributed by atoms with E-state index in [0.29, 0.717) is 0 Å². The molecule has 1 N–H and O–H groups in total. The van der Waals surface area contributed by atoms with Crippen molar-refractivity contribution in [1.29, 1.82) is 0 Å². The van der Waals surface area contributed by atoms with E-state index < -0.39 is 9.84 Å². The van der Waals surface area contributed by atoms with Gasteiger partial charge in [0.15, 0.2) is 0 Å². The molecule has 1 amide bonds. The molecule has 0 spiro atoms. The van der Waals surface area contributed by atoms with Crippen molar-refractivity contribution in [3.63, 3.8) is 0 Å². The van der Waals surface area contributed by atoms with E-state index in [1.807, 2.05) is 6.92 Å². The highest BCUT2D eigenvalue weighted by atomic mass is 32.2. The van der Waals surface area contributed by atoms with Crippen molar-refractivity contribution in [2.75, 3.05) is 12.0 Å². The van der Waals surface area contributed by atoms with Crippen LogP contribution in [0.2, 0.25) is 0 Å². The second-order valence-corrected chi connectivity index (χ2v) is 6.44. The first-order valence-corrected chi connectivity index (χ1v) is 7.04. The minimum atomic E-state index is -3.05. The number of nitrogens with one attached hydrogen (secondary N) is 1. The number of sulfone groups is 1. The van der Waals surface area contributed by atoms with Gasteiger partial charge in [-0.3, -0.25) is 10.1 Å². The molecule has 1 saturated heterocycles. The van der Waals surface area contributed by atoms with Gasteiger partial charge in [0, 0.05) is 12.3 Å². The number of nitrogens with zero attached hydrogens (tertiary/aromatic N) is 1. The summed E-state index contributed by atoms with van der Waals surface area (Å²) in [7, 11) is -3.05. The van der Waals surface area contributed by atoms with Gasteiger partial charge in [0.2, 0.25) is 5.91 Å². The van der Waals surface area contributed by atoms with Crippen molar-refractivity contribution < 1.29 is 13.2 Å². The molecular weight excluding hydrogens is 216 g/mol. The fourth-order valence-electron chi connectivity index (χ4n) is 2.05. The first kappa shape index (κ1) is 12.4. The highest BCUT2D eigenvalue weighted by Crippen LogP contribution is 2.15. The summed E-state index contributed by atoms with van der Waals surface area (Å²) in [5.74, 6) is -0.0176. The molecule has 1 heterocycles. The molecule has 0 aliphatic carbocycles. The predicted octanol–water partition coefficient (Wildman–Crippen LogP) is -0.414. The lowest BCUT2D eigenvalue weighted by molar-refractivity contribution is -0.131. The van der Waals surface area contributed by atoms with Crippen molar-refractivity contribution in [2.24, 2.45) is 0 Å². The van der Waals surface area contributed by atoms with Crippen LogP contribution in [0.25, 0.3) is 0 Å². The van der Waals surface area contributed by atoms with Crippen LogP contribution in [0.15, 0.2) is 0 Å². The molecule has 1 aliphatic rings. The summed E-state index contributed by atoms with van der Waals surface area (Å²) in [6.07, 6.45) is 1.09. The molecule has 15 heavy (non-hydrogen) atoms. The van der Waals surface area contributed by atoms with Crippen LogP contribution < -0.4 is 5.32 Å². The Balaban J connectivity index is 2.76. The molecule has 0 aromatic rings. The van der Waals surface area contributed by atoms with Gasteiger partial charge in [0.05, 0.1) is 18.0 Å². The van der Waals surface area contributed by atoms with E-state index in [0.717, 1.165) is 0 Å². The number of rotatable bonds is 3. The molecule has 0 bridgehead atoms. The van der Waals surface area contributed by atoms with Gasteiger partial charge in [-0.25, -0.2) is 8.42 Å². The van der Waals surface area contributed by atoms with Crippen molar-refractivity contribution in [3.8, 4) is 0 Å². The van der Waals surface area contributed by atoms with Crippen molar-refractivity contribution in [3.05, 3.63) is 0 Å². The highest BCUT2D eigenvalue weighted by molar-refractivity contribution is 7.90. The standard InChI is InChI=1S/C9H18N2O3S/c1-6(5-15(4,13)14)11-8(3)10-7(2)9(11)12/h6-8,10H,5H2,1-4H3. The first-order chi connectivity index (χ1) is 6.72. The van der Waals surface area contributed by atoms with Crippen LogP contribution in [-0.2, 0) is 14.6 Å². The molecule has 1 fully saturated rings. The molecule has 5 nitrogen and oxygen atoms in total. The third-order valence-corrected chi connectivity index (χ3v) is 3.64. The topological polar surface area (TPSA) is 66.5 Å². The Morgan fingerprint density at radius 3 is 2.33 bits per heavy atom. The smallest absolute Gasteiger partial charge is 0.240 e. The minimum absolute atomic E-state index is 0.0114. The maximum atomic E-state index is 11.7. The van der Waals surface area contributed by atoms with E-state index in [-0.39, 0.29) is 29.9 Å². The van der Waals surface area contributed by atoms with Crippen LogP contribution in [-0.4, -0.2) is 49.5 Å². The third-order valence-electron chi connectivity index (χ3n) is 2.55. The lowest BCUT2D eigenvalue weighted by atomic mass is 10.3. The van der Waals surface area contributed by atoms with Gasteiger partial charge in [0.25, 0.3) is 0 Å². The fraction of sp³-hybridized carbons (Fsp3) is 0.889. The summed E-state index contributed by atoms with van der Waals surface area (Å²) in [6.45, 7) is 5.40. The maximum absolute atomic E-state index is 11.7. The Hall–Kier alpha value is -0.620. The van der Waals surface area contributed by atoms with E-state index in [2.05, 4.69) is 5.32 Å². The number of carbonyl (C=O) groups is 1. The van der Waals surface area contributed by atoms with Crippen LogP contribution in [0.5, 0.6) is 0 Å². The van der Waals surface area contributed by atoms with E-state index >= 15 is 0 Å². The Labute approximate surface area is 90.7 Å². The van der Waals surface area contributed by atoms with E-state index in [4.69, 9.17) is 0 Å². The summed E-state index contributed by atoms with van der Waals surface area (Å²) < 4.78 is 22.3. The quantitative estimate of drug-likeness (QED) is 0.720. The second kappa shape index (κ2) is 4.09. The Morgan fingerprint density at radius 2 is 2.00 bits per heavy atom. The minimum Gasteiger partial charge on any atom is -0.322 e. The molecule has 1 rings (SSSR count). The molecule has 0 saturated carbocycles. The first-order valence-electron chi connectivity index (χ1n) is 4.98. The fourth-order valence-corrected chi connectivity index (χ4v) is 3.08. The molecule has 88 valence electrons. The molecule has 3 unspecified atom stereocenters. The van der Waals surface area contributed by atoms with E-state index in [1.165, 1.54) is 6.26 Å². The molecule has 1 aliphatic heterocycles. The van der Waals surface area contributed by atoms with Gasteiger partial charge in [0.1, 0.15) is 9.84 Å². The summed E-state index contributed by atoms with van der Waals surface area (Å²) in [6, 6.07) is -0.498. The molecule has 0 radical (unpaired) electrons. The zero-order chi connectivity index (χ0) is 11.8. The zero-order valence-electron chi connectivity index (χ0n) is 9.52. The van der Waals surface area contributed by atoms with Crippen molar-refractivity contribution in [2.45, 2.75) is 39.0 Å². The number of carbonyl (C=O) groups excluding carboxylic acids is 1. The Kier molecular flexibility index (Phi) is 3.40. The lowest BCUT2D eigenvalue weighted by Gasteiger charge is -2.27. The van der Waals surface area contributed by atoms with Crippen LogP contribution in [0, 0.1) is 0 Å². The summed E-state index contributed by atoms with van der Waals surface area (Å²) >= 11 is 0. The van der Waals surface area contributed by atoms with Crippen LogP contribution in [0.3, 0.4) is 0 Å². The number of hydrogen-bond acceptors (Lipinski definition) is 4. The molecule has 3 atom stereocenters. The van der Waals surface area contributed by atoms with E-state index in [9.17, 15) is 13.2 Å². The van der Waals surface area contributed by atoms with Crippen LogP contribution in [0.1, 0.15) is 20.8 Å². The van der Waals surface area contributed by atoms with Gasteiger partial charge in [-0.1, -0.05) is 0 Å². The maximum Gasteiger partial charge on any atom is 0.240 e. The average Bonchev–Trinajstić information content (AvgIpc) is 2.22. The Bertz CT molecular complexity index is 352. The zero-order valence-corrected chi connectivity index (χ0v) is 10.3. The van der Waals surface area contributed by atoms with Gasteiger partial charge in [-0.05, 0) is 20.8 Å². The van der Waals surface area contributed by atoms with Crippen LogP contribution in [0.4, 0.5) is 0 Å². The van der Waals surface area contributed by atoms with Crippen molar-refractivity contribution in [1.82, 2.24) is 10.2 Å². The molecule has 6 heteroatoms. The molecule has 0 aromatic heterocycles. The third kappa shape index (κ3) is 2.92. The van der Waals surface area contributed by atoms with E-state index in [1.54, 1.807) is 18.7 Å². The number of hydrogen-bond donors (Lipinski definition) is 1. The normalized spacial score (nSPS) is 29.6.